The summed E-state index contributed by atoms with van der Waals surface area (Å²) in [6.07, 6.45) is -0.562. The molecule has 1 aromatic carbocycles. The fraction of sp³-hybridized carbons (Fsp3) is 0.417. The number of nitrogen functional groups attached to an aromatic ring is 1. The van der Waals surface area contributed by atoms with Crippen molar-refractivity contribution < 1.29 is 18.7 Å². The molecule has 0 aliphatic carbocycles. The SMILES string of the molecule is COC(OC)C(C)NC(=O)c1ccc(N)c(F)c1. The minimum absolute atomic E-state index is 0.00579. The molecule has 100 valence electrons. The van der Waals surface area contributed by atoms with Gasteiger partial charge in [-0.2, -0.15) is 0 Å². The van der Waals surface area contributed by atoms with Crippen LogP contribution in [0.3, 0.4) is 0 Å². The van der Waals surface area contributed by atoms with Crippen LogP contribution in [0.4, 0.5) is 10.1 Å². The van der Waals surface area contributed by atoms with Crippen LogP contribution in [0.25, 0.3) is 0 Å². The number of methoxy groups -OCH3 is 2. The second-order valence-electron chi connectivity index (χ2n) is 3.84. The molecule has 0 aromatic heterocycles. The Balaban J connectivity index is 2.73. The van der Waals surface area contributed by atoms with E-state index < -0.39 is 18.0 Å². The van der Waals surface area contributed by atoms with Crippen molar-refractivity contribution in [1.29, 1.82) is 0 Å². The molecule has 0 bridgehead atoms. The highest BCUT2D eigenvalue weighted by Gasteiger charge is 2.19. The van der Waals surface area contributed by atoms with E-state index in [1.165, 1.54) is 26.4 Å². The predicted octanol–water partition coefficient (Wildman–Crippen LogP) is 1.15. The number of benzene rings is 1. The van der Waals surface area contributed by atoms with Crippen molar-refractivity contribution >= 4 is 11.6 Å². The summed E-state index contributed by atoms with van der Waals surface area (Å²) < 4.78 is 23.2. The van der Waals surface area contributed by atoms with Crippen LogP contribution in [0.5, 0.6) is 0 Å². The molecule has 1 atom stereocenters. The molecule has 3 N–H and O–H groups in total. The van der Waals surface area contributed by atoms with E-state index in [4.69, 9.17) is 15.2 Å². The summed E-state index contributed by atoms with van der Waals surface area (Å²) in [6, 6.07) is 3.52. The van der Waals surface area contributed by atoms with Crippen LogP contribution in [0.1, 0.15) is 17.3 Å². The van der Waals surface area contributed by atoms with E-state index in [0.29, 0.717) is 0 Å². The van der Waals surface area contributed by atoms with Gasteiger partial charge in [0.05, 0.1) is 11.7 Å². The molecule has 1 rings (SSSR count). The number of hydrogen-bond donors (Lipinski definition) is 2. The van der Waals surface area contributed by atoms with Crippen LogP contribution in [0, 0.1) is 5.82 Å². The van der Waals surface area contributed by atoms with Crippen LogP contribution in [0.2, 0.25) is 0 Å². The van der Waals surface area contributed by atoms with Crippen LogP contribution in [0.15, 0.2) is 18.2 Å². The molecule has 0 aliphatic rings. The van der Waals surface area contributed by atoms with Gasteiger partial charge in [-0.3, -0.25) is 4.79 Å². The average Bonchev–Trinajstić information content (AvgIpc) is 2.34. The lowest BCUT2D eigenvalue weighted by atomic mass is 10.1. The molecule has 0 fully saturated rings. The lowest BCUT2D eigenvalue weighted by Crippen LogP contribution is -2.42. The first-order valence-electron chi connectivity index (χ1n) is 5.41. The summed E-state index contributed by atoms with van der Waals surface area (Å²) in [5.41, 5.74) is 5.53. The van der Waals surface area contributed by atoms with Gasteiger partial charge >= 0.3 is 0 Å². The van der Waals surface area contributed by atoms with E-state index >= 15 is 0 Å². The number of hydrogen-bond acceptors (Lipinski definition) is 4. The zero-order chi connectivity index (χ0) is 13.7. The Bertz CT molecular complexity index is 422. The third kappa shape index (κ3) is 3.41. The molecule has 1 amide bonds. The number of nitrogens with one attached hydrogen (secondary N) is 1. The van der Waals surface area contributed by atoms with Gasteiger partial charge in [0, 0.05) is 19.8 Å². The average molecular weight is 256 g/mol. The number of nitrogens with two attached hydrogens (primary N) is 1. The Labute approximate surface area is 105 Å². The maximum Gasteiger partial charge on any atom is 0.251 e. The van der Waals surface area contributed by atoms with E-state index in [1.54, 1.807) is 6.92 Å². The predicted molar refractivity (Wildman–Crippen MR) is 65.5 cm³/mol. The van der Waals surface area contributed by atoms with E-state index in [-0.39, 0.29) is 17.3 Å². The van der Waals surface area contributed by atoms with Gasteiger partial charge in [-0.25, -0.2) is 4.39 Å². The van der Waals surface area contributed by atoms with Gasteiger partial charge in [-0.1, -0.05) is 0 Å². The Kier molecular flexibility index (Phi) is 5.06. The monoisotopic (exact) mass is 256 g/mol. The quantitative estimate of drug-likeness (QED) is 0.612. The minimum atomic E-state index is -0.620. The Morgan fingerprint density at radius 3 is 2.50 bits per heavy atom. The Morgan fingerprint density at radius 2 is 2.00 bits per heavy atom. The van der Waals surface area contributed by atoms with Crippen molar-refractivity contribution in [2.24, 2.45) is 0 Å². The molecule has 0 radical (unpaired) electrons. The van der Waals surface area contributed by atoms with Gasteiger partial charge in [0.2, 0.25) is 0 Å². The molecule has 6 heteroatoms. The molecule has 0 heterocycles. The van der Waals surface area contributed by atoms with E-state index in [2.05, 4.69) is 5.32 Å². The lowest BCUT2D eigenvalue weighted by Gasteiger charge is -2.22. The second kappa shape index (κ2) is 6.32. The summed E-state index contributed by atoms with van der Waals surface area (Å²) in [5, 5.41) is 2.65. The molecular formula is C12H17FN2O3. The fourth-order valence-corrected chi connectivity index (χ4v) is 1.53. The third-order valence-corrected chi connectivity index (χ3v) is 2.49. The zero-order valence-electron chi connectivity index (χ0n) is 10.6. The highest BCUT2D eigenvalue weighted by Crippen LogP contribution is 2.12. The third-order valence-electron chi connectivity index (χ3n) is 2.49. The first kappa shape index (κ1) is 14.4. The number of halogens is 1. The van der Waals surface area contributed by atoms with Gasteiger partial charge in [0.1, 0.15) is 5.82 Å². The molecule has 0 saturated heterocycles. The molecule has 0 spiro atoms. The molecule has 18 heavy (non-hydrogen) atoms. The Morgan fingerprint density at radius 1 is 1.39 bits per heavy atom. The van der Waals surface area contributed by atoms with Crippen molar-refractivity contribution in [2.45, 2.75) is 19.3 Å². The summed E-state index contributed by atoms with van der Waals surface area (Å²) in [4.78, 5) is 11.8. The largest absolute Gasteiger partial charge is 0.396 e. The summed E-state index contributed by atoms with van der Waals surface area (Å²) in [6.45, 7) is 1.73. The van der Waals surface area contributed by atoms with E-state index in [0.717, 1.165) is 6.07 Å². The van der Waals surface area contributed by atoms with Crippen molar-refractivity contribution in [2.75, 3.05) is 20.0 Å². The molecular weight excluding hydrogens is 239 g/mol. The van der Waals surface area contributed by atoms with Crippen molar-refractivity contribution in [3.8, 4) is 0 Å². The van der Waals surface area contributed by atoms with Crippen LogP contribution in [-0.2, 0) is 9.47 Å². The van der Waals surface area contributed by atoms with Crippen LogP contribution >= 0.6 is 0 Å². The maximum absolute atomic E-state index is 13.2. The van der Waals surface area contributed by atoms with Gasteiger partial charge in [-0.15, -0.1) is 0 Å². The number of amides is 1. The van der Waals surface area contributed by atoms with Gasteiger partial charge in [0.15, 0.2) is 6.29 Å². The second-order valence-corrected chi connectivity index (χ2v) is 3.84. The Hall–Kier alpha value is -1.66. The molecule has 1 aromatic rings. The van der Waals surface area contributed by atoms with Crippen molar-refractivity contribution in [1.82, 2.24) is 5.32 Å². The first-order chi connectivity index (χ1) is 8.49. The van der Waals surface area contributed by atoms with Gasteiger partial charge < -0.3 is 20.5 Å². The van der Waals surface area contributed by atoms with Crippen LogP contribution < -0.4 is 11.1 Å². The maximum atomic E-state index is 13.2. The number of carbonyl (C=O) groups is 1. The molecule has 0 aliphatic heterocycles. The molecule has 5 nitrogen and oxygen atoms in total. The number of anilines is 1. The molecule has 0 saturated carbocycles. The summed E-state index contributed by atoms with van der Waals surface area (Å²) >= 11 is 0. The van der Waals surface area contributed by atoms with Gasteiger partial charge in [-0.05, 0) is 25.1 Å². The minimum Gasteiger partial charge on any atom is -0.396 e. The summed E-state index contributed by atoms with van der Waals surface area (Å²) in [7, 11) is 2.94. The summed E-state index contributed by atoms with van der Waals surface area (Å²) in [5.74, 6) is -1.04. The standard InChI is InChI=1S/C12H17FN2O3/c1-7(12(17-2)18-3)15-11(16)8-4-5-10(14)9(13)6-8/h4-7,12H,14H2,1-3H3,(H,15,16). The van der Waals surface area contributed by atoms with Crippen molar-refractivity contribution in [3.05, 3.63) is 29.6 Å². The highest BCUT2D eigenvalue weighted by molar-refractivity contribution is 5.94. The van der Waals surface area contributed by atoms with Crippen LogP contribution in [-0.4, -0.2) is 32.5 Å². The topological polar surface area (TPSA) is 73.6 Å². The smallest absolute Gasteiger partial charge is 0.251 e. The van der Waals surface area contributed by atoms with E-state index in [1.807, 2.05) is 0 Å². The molecule has 1 unspecified atom stereocenters. The highest BCUT2D eigenvalue weighted by atomic mass is 19.1. The number of rotatable bonds is 5. The van der Waals surface area contributed by atoms with Gasteiger partial charge in [0.25, 0.3) is 5.91 Å². The normalized spacial score (nSPS) is 12.5. The number of carbonyl (C=O) groups excluding carboxylic acids is 1. The zero-order valence-corrected chi connectivity index (χ0v) is 10.6. The number of ether oxygens (including phenoxy) is 2. The lowest BCUT2D eigenvalue weighted by molar-refractivity contribution is -0.117. The van der Waals surface area contributed by atoms with E-state index in [9.17, 15) is 9.18 Å². The fourth-order valence-electron chi connectivity index (χ4n) is 1.53. The first-order valence-corrected chi connectivity index (χ1v) is 5.41. The van der Waals surface area contributed by atoms with Crippen molar-refractivity contribution in [3.63, 3.8) is 0 Å².